The Bertz CT molecular complexity index is 985. The predicted octanol–water partition coefficient (Wildman–Crippen LogP) is 2.85. The number of benzene rings is 1. The normalized spacial score (nSPS) is 17.1. The zero-order valence-electron chi connectivity index (χ0n) is 15.0. The highest BCUT2D eigenvalue weighted by atomic mass is 32.1. The maximum Gasteiger partial charge on any atom is 0.264 e. The number of H-pyrrole nitrogens is 1. The molecule has 1 saturated heterocycles. The minimum Gasteiger partial charge on any atom is -0.368 e. The van der Waals surface area contributed by atoms with Crippen molar-refractivity contribution in [2.75, 3.05) is 24.5 Å². The van der Waals surface area contributed by atoms with E-state index in [0.29, 0.717) is 12.4 Å². The van der Waals surface area contributed by atoms with Crippen LogP contribution in [0.25, 0.3) is 10.7 Å². The van der Waals surface area contributed by atoms with Crippen LogP contribution in [0.1, 0.15) is 17.3 Å². The number of nitrogens with zero attached hydrogens (tertiary/aromatic N) is 3. The van der Waals surface area contributed by atoms with Crippen LogP contribution in [0.4, 0.5) is 5.69 Å². The lowest BCUT2D eigenvalue weighted by molar-refractivity contribution is 0.0672. The lowest BCUT2D eigenvalue weighted by Gasteiger charge is -2.40. The third-order valence-electron chi connectivity index (χ3n) is 4.79. The summed E-state index contributed by atoms with van der Waals surface area (Å²) in [6.07, 6.45) is 1.40. The molecule has 3 aromatic rings. The van der Waals surface area contributed by atoms with E-state index in [1.165, 1.54) is 17.5 Å². The van der Waals surface area contributed by atoms with Gasteiger partial charge in [-0.3, -0.25) is 9.59 Å². The third-order valence-corrected chi connectivity index (χ3v) is 5.67. The van der Waals surface area contributed by atoms with Crippen molar-refractivity contribution in [2.45, 2.75) is 13.0 Å². The van der Waals surface area contributed by atoms with E-state index in [9.17, 15) is 9.59 Å². The second-order valence-electron chi connectivity index (χ2n) is 6.58. The van der Waals surface area contributed by atoms with Gasteiger partial charge in [-0.2, -0.15) is 0 Å². The van der Waals surface area contributed by atoms with Gasteiger partial charge in [0.05, 0.1) is 4.88 Å². The fraction of sp³-hybridized carbons (Fsp3) is 0.250. The molecule has 0 spiro atoms. The number of anilines is 1. The SMILES string of the molecule is C[C@@H]1CN(c2ccccc2)CCN1C(=O)c1cnc(-c2cccs2)[nH]c1=O. The van der Waals surface area contributed by atoms with Crippen LogP contribution in [0.3, 0.4) is 0 Å². The average Bonchev–Trinajstić information content (AvgIpc) is 3.23. The molecule has 1 fully saturated rings. The van der Waals surface area contributed by atoms with Gasteiger partial charge in [0.15, 0.2) is 0 Å². The van der Waals surface area contributed by atoms with Crippen molar-refractivity contribution in [3.05, 3.63) is 70.0 Å². The molecule has 0 unspecified atom stereocenters. The maximum atomic E-state index is 12.9. The summed E-state index contributed by atoms with van der Waals surface area (Å²) < 4.78 is 0. The second kappa shape index (κ2) is 7.36. The van der Waals surface area contributed by atoms with Gasteiger partial charge >= 0.3 is 0 Å². The molecule has 27 heavy (non-hydrogen) atoms. The summed E-state index contributed by atoms with van der Waals surface area (Å²) in [5, 5.41) is 1.92. The molecule has 138 valence electrons. The van der Waals surface area contributed by atoms with E-state index in [0.717, 1.165) is 23.7 Å². The number of piperazine rings is 1. The van der Waals surface area contributed by atoms with Crippen molar-refractivity contribution in [1.82, 2.24) is 14.9 Å². The highest BCUT2D eigenvalue weighted by Crippen LogP contribution is 2.21. The molecule has 6 nitrogen and oxygen atoms in total. The molecular weight excluding hydrogens is 360 g/mol. The number of thiophene rings is 1. The van der Waals surface area contributed by atoms with Crippen LogP contribution >= 0.6 is 11.3 Å². The largest absolute Gasteiger partial charge is 0.368 e. The molecule has 0 aliphatic carbocycles. The Hall–Kier alpha value is -2.93. The summed E-state index contributed by atoms with van der Waals surface area (Å²) in [6.45, 7) is 4.04. The Labute approximate surface area is 161 Å². The van der Waals surface area contributed by atoms with E-state index in [-0.39, 0.29) is 17.5 Å². The fourth-order valence-electron chi connectivity index (χ4n) is 3.37. The number of rotatable bonds is 3. The zero-order valence-corrected chi connectivity index (χ0v) is 15.8. The molecule has 1 amide bonds. The van der Waals surface area contributed by atoms with Crippen molar-refractivity contribution in [2.24, 2.45) is 0 Å². The van der Waals surface area contributed by atoms with Gasteiger partial charge in [-0.15, -0.1) is 11.3 Å². The van der Waals surface area contributed by atoms with Gasteiger partial charge < -0.3 is 14.8 Å². The van der Waals surface area contributed by atoms with Gasteiger partial charge in [0, 0.05) is 37.6 Å². The summed E-state index contributed by atoms with van der Waals surface area (Å²) in [5.41, 5.74) is 0.850. The summed E-state index contributed by atoms with van der Waals surface area (Å²) in [6, 6.07) is 13.9. The van der Waals surface area contributed by atoms with Gasteiger partial charge in [-0.1, -0.05) is 24.3 Å². The van der Waals surface area contributed by atoms with E-state index in [2.05, 4.69) is 27.0 Å². The smallest absolute Gasteiger partial charge is 0.264 e. The Morgan fingerprint density at radius 3 is 2.67 bits per heavy atom. The molecule has 0 bridgehead atoms. The Morgan fingerprint density at radius 2 is 2.00 bits per heavy atom. The number of hydrogen-bond acceptors (Lipinski definition) is 5. The quantitative estimate of drug-likeness (QED) is 0.759. The van der Waals surface area contributed by atoms with Crippen molar-refractivity contribution >= 4 is 22.9 Å². The number of carbonyl (C=O) groups excluding carboxylic acids is 1. The standard InChI is InChI=1S/C20H20N4O2S/c1-14-13-23(15-6-3-2-4-7-15)9-10-24(14)20(26)16-12-21-18(22-19(16)25)17-8-5-11-27-17/h2-8,11-12,14H,9-10,13H2,1H3,(H,21,22,25)/t14-/m1/s1. The van der Waals surface area contributed by atoms with Crippen LogP contribution in [0, 0.1) is 0 Å². The minimum absolute atomic E-state index is 0.00262. The Morgan fingerprint density at radius 1 is 1.19 bits per heavy atom. The molecule has 1 aliphatic heterocycles. The monoisotopic (exact) mass is 380 g/mol. The first-order valence-electron chi connectivity index (χ1n) is 8.87. The van der Waals surface area contributed by atoms with Crippen LogP contribution in [0.5, 0.6) is 0 Å². The van der Waals surface area contributed by atoms with Crippen LogP contribution in [-0.2, 0) is 0 Å². The number of aromatic amines is 1. The molecule has 1 aromatic carbocycles. The summed E-state index contributed by atoms with van der Waals surface area (Å²) in [7, 11) is 0. The molecule has 7 heteroatoms. The van der Waals surface area contributed by atoms with E-state index in [4.69, 9.17) is 0 Å². The summed E-state index contributed by atoms with van der Waals surface area (Å²) >= 11 is 1.49. The van der Waals surface area contributed by atoms with Gasteiger partial charge in [-0.05, 0) is 30.5 Å². The predicted molar refractivity (Wildman–Crippen MR) is 107 cm³/mol. The minimum atomic E-state index is -0.393. The molecule has 1 aliphatic rings. The number of nitrogens with one attached hydrogen (secondary N) is 1. The van der Waals surface area contributed by atoms with Crippen molar-refractivity contribution in [3.63, 3.8) is 0 Å². The maximum absolute atomic E-state index is 12.9. The second-order valence-corrected chi connectivity index (χ2v) is 7.53. The molecule has 1 N–H and O–H groups in total. The topological polar surface area (TPSA) is 69.3 Å². The van der Waals surface area contributed by atoms with Gasteiger partial charge in [0.2, 0.25) is 0 Å². The Kier molecular flexibility index (Phi) is 4.77. The third kappa shape index (κ3) is 3.50. The lowest BCUT2D eigenvalue weighted by Crippen LogP contribution is -2.54. The molecular formula is C20H20N4O2S. The van der Waals surface area contributed by atoms with Crippen LogP contribution < -0.4 is 10.5 Å². The zero-order chi connectivity index (χ0) is 18.8. The van der Waals surface area contributed by atoms with Crippen molar-refractivity contribution < 1.29 is 4.79 Å². The number of carbonyl (C=O) groups is 1. The first-order chi connectivity index (χ1) is 13.1. The van der Waals surface area contributed by atoms with Gasteiger partial charge in [-0.25, -0.2) is 4.98 Å². The fourth-order valence-corrected chi connectivity index (χ4v) is 4.05. The van der Waals surface area contributed by atoms with Crippen LogP contribution in [0.2, 0.25) is 0 Å². The van der Waals surface area contributed by atoms with E-state index >= 15 is 0 Å². The van der Waals surface area contributed by atoms with Gasteiger partial charge in [0.1, 0.15) is 11.4 Å². The van der Waals surface area contributed by atoms with Crippen molar-refractivity contribution in [1.29, 1.82) is 0 Å². The summed E-state index contributed by atoms with van der Waals surface area (Å²) in [4.78, 5) is 37.3. The Balaban J connectivity index is 1.51. The molecule has 1 atom stereocenters. The van der Waals surface area contributed by atoms with E-state index < -0.39 is 5.56 Å². The molecule has 4 rings (SSSR count). The number of para-hydroxylation sites is 1. The van der Waals surface area contributed by atoms with Crippen molar-refractivity contribution in [3.8, 4) is 10.7 Å². The molecule has 0 saturated carbocycles. The average molecular weight is 380 g/mol. The van der Waals surface area contributed by atoms with Gasteiger partial charge in [0.25, 0.3) is 11.5 Å². The number of amides is 1. The first-order valence-corrected chi connectivity index (χ1v) is 9.75. The first kappa shape index (κ1) is 17.5. The lowest BCUT2D eigenvalue weighted by atomic mass is 10.1. The summed E-state index contributed by atoms with van der Waals surface area (Å²) in [5.74, 6) is 0.232. The number of aromatic nitrogens is 2. The van der Waals surface area contributed by atoms with E-state index in [1.807, 2.05) is 42.6 Å². The number of hydrogen-bond donors (Lipinski definition) is 1. The highest BCUT2D eigenvalue weighted by molar-refractivity contribution is 7.13. The van der Waals surface area contributed by atoms with Crippen LogP contribution in [-0.4, -0.2) is 46.5 Å². The molecule has 0 radical (unpaired) electrons. The van der Waals surface area contributed by atoms with E-state index in [1.54, 1.807) is 4.90 Å². The molecule has 2 aromatic heterocycles. The molecule has 3 heterocycles. The highest BCUT2D eigenvalue weighted by Gasteiger charge is 2.29. The van der Waals surface area contributed by atoms with Crippen LogP contribution in [0.15, 0.2) is 58.8 Å².